The number of rotatable bonds is 5. The molecule has 0 saturated heterocycles. The highest BCUT2D eigenvalue weighted by atomic mass is 32.1. The maximum absolute atomic E-state index is 12.3. The molecule has 0 aliphatic heterocycles. The predicted molar refractivity (Wildman–Crippen MR) is 82.2 cm³/mol. The minimum Gasteiger partial charge on any atom is -0.348 e. The molecule has 0 aromatic carbocycles. The summed E-state index contributed by atoms with van der Waals surface area (Å²) in [7, 11) is 0. The summed E-state index contributed by atoms with van der Waals surface area (Å²) in [6, 6.07) is 1.60. The summed E-state index contributed by atoms with van der Waals surface area (Å²) < 4.78 is 1.71. The maximum Gasteiger partial charge on any atom is 0.245 e. The van der Waals surface area contributed by atoms with Crippen molar-refractivity contribution in [3.63, 3.8) is 0 Å². The number of carbonyl (C=O) groups excluding carboxylic acids is 1. The summed E-state index contributed by atoms with van der Waals surface area (Å²) in [4.78, 5) is 18.4. The van der Waals surface area contributed by atoms with Gasteiger partial charge in [0.05, 0.1) is 12.2 Å². The van der Waals surface area contributed by atoms with E-state index in [1.54, 1.807) is 22.2 Å². The number of aryl methyl sites for hydroxylation is 2. The Balaban J connectivity index is 1.61. The third-order valence-corrected chi connectivity index (χ3v) is 4.99. The molecule has 5 nitrogen and oxygen atoms in total. The van der Waals surface area contributed by atoms with Crippen molar-refractivity contribution in [2.24, 2.45) is 0 Å². The Kier molecular flexibility index (Phi) is 4.34. The number of fused-ring (bicyclic) bond motifs is 1. The summed E-state index contributed by atoms with van der Waals surface area (Å²) in [6.07, 6.45) is 8.98. The van der Waals surface area contributed by atoms with Gasteiger partial charge in [0.1, 0.15) is 11.0 Å². The average Bonchev–Trinajstić information content (AvgIpc) is 3.14. The molecule has 0 fully saturated rings. The van der Waals surface area contributed by atoms with Crippen LogP contribution in [0.15, 0.2) is 18.5 Å². The van der Waals surface area contributed by atoms with Gasteiger partial charge in [-0.05, 0) is 38.2 Å². The van der Waals surface area contributed by atoms with E-state index >= 15 is 0 Å². The summed E-state index contributed by atoms with van der Waals surface area (Å²) >= 11 is 1.75. The predicted octanol–water partition coefficient (Wildman–Crippen LogP) is 2.49. The van der Waals surface area contributed by atoms with Gasteiger partial charge in [-0.2, -0.15) is 5.10 Å². The smallest absolute Gasteiger partial charge is 0.245 e. The summed E-state index contributed by atoms with van der Waals surface area (Å²) in [5, 5.41) is 8.17. The van der Waals surface area contributed by atoms with E-state index in [4.69, 9.17) is 0 Å². The minimum atomic E-state index is -0.241. The van der Waals surface area contributed by atoms with E-state index in [-0.39, 0.29) is 11.9 Å². The van der Waals surface area contributed by atoms with Crippen LogP contribution < -0.4 is 5.32 Å². The lowest BCUT2D eigenvalue weighted by molar-refractivity contribution is -0.124. The van der Waals surface area contributed by atoms with Gasteiger partial charge in [0, 0.05) is 17.3 Å². The number of hydrogen-bond acceptors (Lipinski definition) is 4. The Morgan fingerprint density at radius 1 is 1.48 bits per heavy atom. The van der Waals surface area contributed by atoms with Crippen LogP contribution in [-0.4, -0.2) is 20.7 Å². The van der Waals surface area contributed by atoms with Gasteiger partial charge >= 0.3 is 0 Å². The standard InChI is InChI=1S/C15H20N4OS/c1-2-12(19-9-5-8-17-19)15(20)16-10-14-18-11-6-3-4-7-13(11)21-14/h5,8-9,12H,2-4,6-7,10H2,1H3,(H,16,20)/t12-/m1/s1. The fourth-order valence-corrected chi connectivity index (χ4v) is 3.82. The van der Waals surface area contributed by atoms with Gasteiger partial charge in [0.25, 0.3) is 0 Å². The van der Waals surface area contributed by atoms with Crippen LogP contribution in [0.2, 0.25) is 0 Å². The van der Waals surface area contributed by atoms with Gasteiger partial charge in [-0.3, -0.25) is 9.48 Å². The van der Waals surface area contributed by atoms with Crippen LogP contribution in [0.25, 0.3) is 0 Å². The molecule has 6 heteroatoms. The molecule has 0 bridgehead atoms. The van der Waals surface area contributed by atoms with Crippen molar-refractivity contribution in [2.75, 3.05) is 0 Å². The van der Waals surface area contributed by atoms with Gasteiger partial charge in [0.2, 0.25) is 5.91 Å². The van der Waals surface area contributed by atoms with Crippen molar-refractivity contribution in [1.29, 1.82) is 0 Å². The zero-order valence-corrected chi connectivity index (χ0v) is 13.0. The summed E-state index contributed by atoms with van der Waals surface area (Å²) in [6.45, 7) is 2.52. The topological polar surface area (TPSA) is 59.8 Å². The van der Waals surface area contributed by atoms with Gasteiger partial charge in [0.15, 0.2) is 0 Å². The van der Waals surface area contributed by atoms with Crippen molar-refractivity contribution in [1.82, 2.24) is 20.1 Å². The quantitative estimate of drug-likeness (QED) is 0.923. The minimum absolute atomic E-state index is 0.00868. The molecule has 21 heavy (non-hydrogen) atoms. The van der Waals surface area contributed by atoms with E-state index in [0.29, 0.717) is 6.54 Å². The van der Waals surface area contributed by atoms with Crippen molar-refractivity contribution in [3.05, 3.63) is 34.0 Å². The average molecular weight is 304 g/mol. The first kappa shape index (κ1) is 14.3. The van der Waals surface area contributed by atoms with Crippen LogP contribution in [0.4, 0.5) is 0 Å². The molecule has 3 rings (SSSR count). The number of nitrogens with zero attached hydrogens (tertiary/aromatic N) is 3. The first-order chi connectivity index (χ1) is 10.3. The summed E-state index contributed by atoms with van der Waals surface area (Å²) in [5.74, 6) is 0.00868. The Bertz CT molecular complexity index is 582. The van der Waals surface area contributed by atoms with E-state index in [9.17, 15) is 4.79 Å². The third kappa shape index (κ3) is 3.15. The molecule has 1 aliphatic carbocycles. The van der Waals surface area contributed by atoms with Crippen LogP contribution in [0.5, 0.6) is 0 Å². The molecule has 1 amide bonds. The number of carbonyl (C=O) groups is 1. The Morgan fingerprint density at radius 2 is 2.33 bits per heavy atom. The zero-order valence-electron chi connectivity index (χ0n) is 12.2. The molecular weight excluding hydrogens is 284 g/mol. The lowest BCUT2D eigenvalue weighted by Gasteiger charge is -2.14. The molecule has 0 saturated carbocycles. The third-order valence-electron chi connectivity index (χ3n) is 3.84. The van der Waals surface area contributed by atoms with E-state index in [1.807, 2.05) is 19.2 Å². The SMILES string of the molecule is CC[C@H](C(=O)NCc1nc2c(s1)CCCC2)n1cccn1. The number of aromatic nitrogens is 3. The molecule has 0 unspecified atom stereocenters. The lowest BCUT2D eigenvalue weighted by atomic mass is 10.0. The van der Waals surface area contributed by atoms with E-state index < -0.39 is 0 Å². The molecule has 1 N–H and O–H groups in total. The first-order valence-electron chi connectivity index (χ1n) is 7.52. The maximum atomic E-state index is 12.3. The Morgan fingerprint density at radius 3 is 3.05 bits per heavy atom. The largest absolute Gasteiger partial charge is 0.348 e. The van der Waals surface area contributed by atoms with Crippen molar-refractivity contribution >= 4 is 17.2 Å². The highest BCUT2D eigenvalue weighted by Gasteiger charge is 2.20. The molecule has 1 aliphatic rings. The number of thiazole rings is 1. The first-order valence-corrected chi connectivity index (χ1v) is 8.34. The van der Waals surface area contributed by atoms with E-state index in [1.165, 1.54) is 23.4 Å². The highest BCUT2D eigenvalue weighted by Crippen LogP contribution is 2.26. The van der Waals surface area contributed by atoms with Gasteiger partial charge in [-0.25, -0.2) is 4.98 Å². The second-order valence-electron chi connectivity index (χ2n) is 5.31. The number of hydrogen-bond donors (Lipinski definition) is 1. The van der Waals surface area contributed by atoms with Gasteiger partial charge < -0.3 is 5.32 Å². The van der Waals surface area contributed by atoms with Gasteiger partial charge in [-0.15, -0.1) is 11.3 Å². The second kappa shape index (κ2) is 6.39. The normalized spacial score (nSPS) is 15.5. The Hall–Kier alpha value is -1.69. The van der Waals surface area contributed by atoms with Crippen molar-refractivity contribution in [2.45, 2.75) is 51.6 Å². The zero-order chi connectivity index (χ0) is 14.7. The molecular formula is C15H20N4OS. The molecule has 2 aromatic heterocycles. The highest BCUT2D eigenvalue weighted by molar-refractivity contribution is 7.11. The molecule has 0 spiro atoms. The van der Waals surface area contributed by atoms with Crippen LogP contribution in [-0.2, 0) is 24.2 Å². The number of nitrogens with one attached hydrogen (secondary N) is 1. The fourth-order valence-electron chi connectivity index (χ4n) is 2.72. The van der Waals surface area contributed by atoms with Crippen molar-refractivity contribution in [3.8, 4) is 0 Å². The van der Waals surface area contributed by atoms with Crippen LogP contribution in [0.3, 0.4) is 0 Å². The second-order valence-corrected chi connectivity index (χ2v) is 6.48. The number of amides is 1. The van der Waals surface area contributed by atoms with Crippen LogP contribution >= 0.6 is 11.3 Å². The van der Waals surface area contributed by atoms with Crippen molar-refractivity contribution < 1.29 is 4.79 Å². The van der Waals surface area contributed by atoms with Gasteiger partial charge in [-0.1, -0.05) is 6.92 Å². The van der Waals surface area contributed by atoms with E-state index in [2.05, 4.69) is 15.4 Å². The van der Waals surface area contributed by atoms with Crippen LogP contribution in [0.1, 0.15) is 47.8 Å². The lowest BCUT2D eigenvalue weighted by Crippen LogP contribution is -2.32. The van der Waals surface area contributed by atoms with Crippen LogP contribution in [0, 0.1) is 0 Å². The molecule has 0 radical (unpaired) electrons. The monoisotopic (exact) mass is 304 g/mol. The van der Waals surface area contributed by atoms with E-state index in [0.717, 1.165) is 24.3 Å². The molecule has 2 aromatic rings. The molecule has 1 atom stereocenters. The summed E-state index contributed by atoms with van der Waals surface area (Å²) in [5.41, 5.74) is 1.25. The fraction of sp³-hybridized carbons (Fsp3) is 0.533. The molecule has 112 valence electrons. The Labute approximate surface area is 128 Å². The molecule has 2 heterocycles.